The molecule has 0 aromatic heterocycles. The lowest BCUT2D eigenvalue weighted by atomic mass is 10.2. The standard InChI is InChI=1S/C17H17BrN2O4S/c18-12-4-3-5-13(10-12)19-17(22)15-11-14(6-7-16(15)21)25(23,24)20-8-1-2-9-20/h3-7,10-11,21H,1-2,8-9H2,(H,19,22). The van der Waals surface area contributed by atoms with Crippen molar-refractivity contribution < 1.29 is 18.3 Å². The first kappa shape index (κ1) is 17.9. The van der Waals surface area contributed by atoms with Crippen LogP contribution in [0.25, 0.3) is 0 Å². The van der Waals surface area contributed by atoms with Crippen molar-refractivity contribution in [3.8, 4) is 5.75 Å². The number of halogens is 1. The van der Waals surface area contributed by atoms with Gasteiger partial charge in [0.2, 0.25) is 10.0 Å². The van der Waals surface area contributed by atoms with Gasteiger partial charge in [0.15, 0.2) is 0 Å². The molecule has 1 amide bonds. The first-order chi connectivity index (χ1) is 11.9. The van der Waals surface area contributed by atoms with Crippen molar-refractivity contribution >= 4 is 37.5 Å². The highest BCUT2D eigenvalue weighted by Crippen LogP contribution is 2.27. The molecule has 2 aromatic carbocycles. The van der Waals surface area contributed by atoms with Crippen molar-refractivity contribution in [1.82, 2.24) is 4.31 Å². The van der Waals surface area contributed by atoms with E-state index in [4.69, 9.17) is 0 Å². The molecule has 0 radical (unpaired) electrons. The maximum absolute atomic E-state index is 12.6. The molecule has 0 saturated carbocycles. The molecule has 1 heterocycles. The Hall–Kier alpha value is -1.90. The highest BCUT2D eigenvalue weighted by atomic mass is 79.9. The summed E-state index contributed by atoms with van der Waals surface area (Å²) >= 11 is 3.31. The van der Waals surface area contributed by atoms with E-state index in [-0.39, 0.29) is 16.2 Å². The molecule has 0 aliphatic carbocycles. The minimum Gasteiger partial charge on any atom is -0.507 e. The normalized spacial score (nSPS) is 15.2. The van der Waals surface area contributed by atoms with E-state index in [0.29, 0.717) is 18.8 Å². The van der Waals surface area contributed by atoms with Gasteiger partial charge in [0.1, 0.15) is 5.75 Å². The van der Waals surface area contributed by atoms with Gasteiger partial charge >= 0.3 is 0 Å². The maximum Gasteiger partial charge on any atom is 0.259 e. The number of rotatable bonds is 4. The zero-order chi connectivity index (χ0) is 18.0. The smallest absolute Gasteiger partial charge is 0.259 e. The topological polar surface area (TPSA) is 86.7 Å². The molecule has 0 atom stereocenters. The summed E-state index contributed by atoms with van der Waals surface area (Å²) in [6.45, 7) is 0.950. The monoisotopic (exact) mass is 424 g/mol. The lowest BCUT2D eigenvalue weighted by molar-refractivity contribution is 0.102. The Labute approximate surface area is 154 Å². The number of anilines is 1. The number of sulfonamides is 1. The van der Waals surface area contributed by atoms with E-state index in [1.54, 1.807) is 18.2 Å². The molecule has 1 fully saturated rings. The number of nitrogens with zero attached hydrogens (tertiary/aromatic N) is 1. The number of nitrogens with one attached hydrogen (secondary N) is 1. The van der Waals surface area contributed by atoms with Gasteiger partial charge in [-0.15, -0.1) is 0 Å². The zero-order valence-electron chi connectivity index (χ0n) is 13.3. The van der Waals surface area contributed by atoms with Crippen LogP contribution in [0.3, 0.4) is 0 Å². The summed E-state index contributed by atoms with van der Waals surface area (Å²) in [6.07, 6.45) is 1.65. The minimum atomic E-state index is -3.66. The number of phenolic OH excluding ortho intramolecular Hbond substituents is 1. The Morgan fingerprint density at radius 2 is 1.84 bits per heavy atom. The van der Waals surface area contributed by atoms with Crippen molar-refractivity contribution in [2.24, 2.45) is 0 Å². The van der Waals surface area contributed by atoms with E-state index in [1.807, 2.05) is 6.07 Å². The zero-order valence-corrected chi connectivity index (χ0v) is 15.7. The van der Waals surface area contributed by atoms with Crippen LogP contribution in [-0.4, -0.2) is 36.8 Å². The Morgan fingerprint density at radius 1 is 1.12 bits per heavy atom. The first-order valence-electron chi connectivity index (χ1n) is 7.78. The Bertz CT molecular complexity index is 909. The summed E-state index contributed by atoms with van der Waals surface area (Å²) in [7, 11) is -3.66. The van der Waals surface area contributed by atoms with Crippen molar-refractivity contribution in [1.29, 1.82) is 0 Å². The van der Waals surface area contributed by atoms with Crippen LogP contribution in [0.2, 0.25) is 0 Å². The number of hydrogen-bond acceptors (Lipinski definition) is 4. The number of hydrogen-bond donors (Lipinski definition) is 2. The molecule has 2 aromatic rings. The average molecular weight is 425 g/mol. The highest BCUT2D eigenvalue weighted by Gasteiger charge is 2.28. The fourth-order valence-corrected chi connectivity index (χ4v) is 4.64. The lowest BCUT2D eigenvalue weighted by Gasteiger charge is -2.16. The number of benzene rings is 2. The summed E-state index contributed by atoms with van der Waals surface area (Å²) in [5.74, 6) is -0.845. The quantitative estimate of drug-likeness (QED) is 0.788. The van der Waals surface area contributed by atoms with Gasteiger partial charge in [0, 0.05) is 23.2 Å². The molecule has 0 unspecified atom stereocenters. The van der Waals surface area contributed by atoms with Crippen molar-refractivity contribution in [3.05, 3.63) is 52.5 Å². The maximum atomic E-state index is 12.6. The Balaban J connectivity index is 1.90. The van der Waals surface area contributed by atoms with Crippen LogP contribution in [0.5, 0.6) is 5.75 Å². The second-order valence-corrected chi connectivity index (χ2v) is 8.61. The van der Waals surface area contributed by atoms with Gasteiger partial charge in [0.25, 0.3) is 5.91 Å². The van der Waals surface area contributed by atoms with E-state index in [1.165, 1.54) is 22.5 Å². The molecule has 2 N–H and O–H groups in total. The molecule has 8 heteroatoms. The number of carbonyl (C=O) groups excluding carboxylic acids is 1. The summed E-state index contributed by atoms with van der Waals surface area (Å²) in [5.41, 5.74) is 0.451. The molecule has 3 rings (SSSR count). The van der Waals surface area contributed by atoms with Crippen LogP contribution in [0.4, 0.5) is 5.69 Å². The largest absolute Gasteiger partial charge is 0.507 e. The summed E-state index contributed by atoms with van der Waals surface area (Å²) in [6, 6.07) is 10.8. The molecule has 1 aliphatic rings. The second-order valence-electron chi connectivity index (χ2n) is 5.75. The van der Waals surface area contributed by atoms with E-state index < -0.39 is 15.9 Å². The fraction of sp³-hybridized carbons (Fsp3) is 0.235. The summed E-state index contributed by atoms with van der Waals surface area (Å²) in [5, 5.41) is 12.6. The van der Waals surface area contributed by atoms with Gasteiger partial charge in [-0.1, -0.05) is 22.0 Å². The third-order valence-corrected chi connectivity index (χ3v) is 6.39. The van der Waals surface area contributed by atoms with Gasteiger partial charge in [0.05, 0.1) is 10.5 Å². The minimum absolute atomic E-state index is 0.00610. The fourth-order valence-electron chi connectivity index (χ4n) is 2.70. The van der Waals surface area contributed by atoms with Gasteiger partial charge in [-0.05, 0) is 49.2 Å². The van der Waals surface area contributed by atoms with Gasteiger partial charge in [-0.2, -0.15) is 4.31 Å². The van der Waals surface area contributed by atoms with Crippen LogP contribution >= 0.6 is 15.9 Å². The van der Waals surface area contributed by atoms with Crippen LogP contribution in [-0.2, 0) is 10.0 Å². The molecule has 1 aliphatic heterocycles. The Kier molecular flexibility index (Phi) is 5.12. The molecular weight excluding hydrogens is 408 g/mol. The molecule has 0 spiro atoms. The number of carbonyl (C=O) groups is 1. The second kappa shape index (κ2) is 7.15. The molecule has 1 saturated heterocycles. The number of aromatic hydroxyl groups is 1. The first-order valence-corrected chi connectivity index (χ1v) is 10.0. The van der Waals surface area contributed by atoms with Crippen LogP contribution in [0, 0.1) is 0 Å². The van der Waals surface area contributed by atoms with E-state index in [2.05, 4.69) is 21.2 Å². The highest BCUT2D eigenvalue weighted by molar-refractivity contribution is 9.10. The van der Waals surface area contributed by atoms with Gasteiger partial charge in [-0.25, -0.2) is 8.42 Å². The summed E-state index contributed by atoms with van der Waals surface area (Å²) in [4.78, 5) is 12.5. The van der Waals surface area contributed by atoms with Gasteiger partial charge < -0.3 is 10.4 Å². The number of amides is 1. The van der Waals surface area contributed by atoms with Crippen molar-refractivity contribution in [2.75, 3.05) is 18.4 Å². The molecule has 0 bridgehead atoms. The van der Waals surface area contributed by atoms with Crippen molar-refractivity contribution in [2.45, 2.75) is 17.7 Å². The van der Waals surface area contributed by atoms with E-state index in [0.717, 1.165) is 17.3 Å². The van der Waals surface area contributed by atoms with Crippen LogP contribution in [0.1, 0.15) is 23.2 Å². The van der Waals surface area contributed by atoms with Crippen molar-refractivity contribution in [3.63, 3.8) is 0 Å². The molecular formula is C17H17BrN2O4S. The average Bonchev–Trinajstić information content (AvgIpc) is 3.10. The van der Waals surface area contributed by atoms with Crippen LogP contribution < -0.4 is 5.32 Å². The third-order valence-electron chi connectivity index (χ3n) is 4.00. The number of phenols is 1. The third kappa shape index (κ3) is 3.86. The SMILES string of the molecule is O=C(Nc1cccc(Br)c1)c1cc(S(=O)(=O)N2CCCC2)ccc1O. The summed E-state index contributed by atoms with van der Waals surface area (Å²) < 4.78 is 27.4. The molecule has 132 valence electrons. The lowest BCUT2D eigenvalue weighted by Crippen LogP contribution is -2.28. The van der Waals surface area contributed by atoms with Gasteiger partial charge in [-0.3, -0.25) is 4.79 Å². The predicted octanol–water partition coefficient (Wildman–Crippen LogP) is 3.19. The Morgan fingerprint density at radius 3 is 2.52 bits per heavy atom. The predicted molar refractivity (Wildman–Crippen MR) is 98.2 cm³/mol. The molecule has 6 nitrogen and oxygen atoms in total. The molecule has 25 heavy (non-hydrogen) atoms. The van der Waals surface area contributed by atoms with E-state index in [9.17, 15) is 18.3 Å². The van der Waals surface area contributed by atoms with E-state index >= 15 is 0 Å². The van der Waals surface area contributed by atoms with Crippen LogP contribution in [0.15, 0.2) is 51.8 Å².